The third-order valence-electron chi connectivity index (χ3n) is 5.28. The number of hydrogen-bond donors (Lipinski definition) is 0. The van der Waals surface area contributed by atoms with Crippen molar-refractivity contribution >= 4 is 24.3 Å². The van der Waals surface area contributed by atoms with Gasteiger partial charge in [-0.3, -0.25) is 0 Å². The van der Waals surface area contributed by atoms with Crippen LogP contribution in [0.25, 0.3) is 0 Å². The van der Waals surface area contributed by atoms with Crippen molar-refractivity contribution in [1.82, 2.24) is 4.90 Å². The SMILES string of the molecule is CCC[CH2][Sn]([CH2]CCC)([CH2]CCC)[CH]1CCC(=O)N1C. The first kappa shape index (κ1) is 18.3. The molecule has 0 aromatic rings. The van der Waals surface area contributed by atoms with Crippen molar-refractivity contribution in [2.24, 2.45) is 0 Å². The van der Waals surface area contributed by atoms with Crippen molar-refractivity contribution in [3.63, 3.8) is 0 Å². The number of carbonyl (C=O) groups is 1. The van der Waals surface area contributed by atoms with Crippen molar-refractivity contribution in [2.45, 2.75) is 89.5 Å². The summed E-state index contributed by atoms with van der Waals surface area (Å²) in [5, 5.41) is 0. The number of rotatable bonds is 10. The van der Waals surface area contributed by atoms with E-state index in [0.29, 0.717) is 9.96 Å². The zero-order valence-electron chi connectivity index (χ0n) is 14.2. The fraction of sp³-hybridized carbons (Fsp3) is 0.941. The van der Waals surface area contributed by atoms with Crippen LogP contribution in [0.2, 0.25) is 13.3 Å². The molecule has 1 heterocycles. The second-order valence-corrected chi connectivity index (χ2v) is 20.7. The average molecular weight is 388 g/mol. The van der Waals surface area contributed by atoms with Gasteiger partial charge in [0.2, 0.25) is 0 Å². The summed E-state index contributed by atoms with van der Waals surface area (Å²) in [7, 11) is 2.09. The molecule has 0 aromatic heterocycles. The Balaban J connectivity index is 2.89. The minimum atomic E-state index is -2.20. The van der Waals surface area contributed by atoms with Gasteiger partial charge < -0.3 is 0 Å². The van der Waals surface area contributed by atoms with E-state index < -0.39 is 18.4 Å². The monoisotopic (exact) mass is 389 g/mol. The molecule has 0 N–H and O–H groups in total. The van der Waals surface area contributed by atoms with E-state index >= 15 is 0 Å². The summed E-state index contributed by atoms with van der Waals surface area (Å²) in [6.45, 7) is 6.96. The predicted molar refractivity (Wildman–Crippen MR) is 90.7 cm³/mol. The number of nitrogens with zero attached hydrogens (tertiary/aromatic N) is 1. The molecular formula is C17H35NOSn. The second kappa shape index (κ2) is 9.32. The van der Waals surface area contributed by atoms with Gasteiger partial charge in [-0.2, -0.15) is 0 Å². The fourth-order valence-corrected chi connectivity index (χ4v) is 22.9. The average Bonchev–Trinajstić information content (AvgIpc) is 2.79. The van der Waals surface area contributed by atoms with E-state index in [9.17, 15) is 4.79 Å². The summed E-state index contributed by atoms with van der Waals surface area (Å²) in [6.07, 6.45) is 10.2. The summed E-state index contributed by atoms with van der Waals surface area (Å²) >= 11 is -2.20. The van der Waals surface area contributed by atoms with Crippen LogP contribution in [0, 0.1) is 0 Å². The van der Waals surface area contributed by atoms with Gasteiger partial charge >= 0.3 is 131 Å². The van der Waals surface area contributed by atoms with Crippen LogP contribution in [0.4, 0.5) is 0 Å². The number of amides is 1. The van der Waals surface area contributed by atoms with Crippen molar-refractivity contribution in [2.75, 3.05) is 7.05 Å². The standard InChI is InChI=1S/C5H8NO.3C4H9.Sn/c1-6-4-2-3-5(6)7;3*1-3-4-2;/h4H,2-3H2,1H3;3*1,3-4H2,2H3;. The van der Waals surface area contributed by atoms with Gasteiger partial charge in [0.1, 0.15) is 0 Å². The van der Waals surface area contributed by atoms with Gasteiger partial charge in [0, 0.05) is 0 Å². The summed E-state index contributed by atoms with van der Waals surface area (Å²) < 4.78 is 5.27. The minimum absolute atomic E-state index is 0.417. The van der Waals surface area contributed by atoms with Crippen LogP contribution in [0.3, 0.4) is 0 Å². The molecule has 20 heavy (non-hydrogen) atoms. The fourth-order valence-electron chi connectivity index (χ4n) is 3.98. The summed E-state index contributed by atoms with van der Waals surface area (Å²) in [4.78, 5) is 14.2. The Morgan fingerprint density at radius 1 is 1.00 bits per heavy atom. The molecule has 1 rings (SSSR count). The van der Waals surface area contributed by atoms with Gasteiger partial charge in [-0.05, 0) is 0 Å². The Kier molecular flexibility index (Phi) is 8.54. The Labute approximate surface area is 130 Å². The second-order valence-electron chi connectivity index (χ2n) is 6.73. The maximum atomic E-state index is 12.0. The van der Waals surface area contributed by atoms with E-state index in [4.69, 9.17) is 0 Å². The number of carbonyl (C=O) groups excluding carboxylic acids is 1. The van der Waals surface area contributed by atoms with E-state index in [1.165, 1.54) is 58.3 Å². The third-order valence-corrected chi connectivity index (χ3v) is 22.8. The first-order chi connectivity index (χ1) is 9.61. The molecule has 1 fully saturated rings. The van der Waals surface area contributed by atoms with E-state index in [1.54, 1.807) is 0 Å². The third kappa shape index (κ3) is 4.64. The van der Waals surface area contributed by atoms with Gasteiger partial charge in [0.15, 0.2) is 0 Å². The van der Waals surface area contributed by atoms with Crippen LogP contribution in [-0.4, -0.2) is 40.3 Å². The van der Waals surface area contributed by atoms with Crippen LogP contribution in [0.15, 0.2) is 0 Å². The molecule has 3 heteroatoms. The Morgan fingerprint density at radius 3 is 1.75 bits per heavy atom. The van der Waals surface area contributed by atoms with Crippen molar-refractivity contribution in [1.29, 1.82) is 0 Å². The molecule has 1 saturated heterocycles. The molecule has 1 atom stereocenters. The molecule has 1 amide bonds. The van der Waals surface area contributed by atoms with Crippen LogP contribution in [0.1, 0.15) is 72.1 Å². The predicted octanol–water partition coefficient (Wildman–Crippen LogP) is 5.00. The Morgan fingerprint density at radius 2 is 1.45 bits per heavy atom. The molecule has 0 radical (unpaired) electrons. The normalized spacial score (nSPS) is 19.9. The van der Waals surface area contributed by atoms with Gasteiger partial charge in [0.25, 0.3) is 0 Å². The van der Waals surface area contributed by atoms with Crippen molar-refractivity contribution in [3.8, 4) is 0 Å². The molecular weight excluding hydrogens is 353 g/mol. The van der Waals surface area contributed by atoms with Crippen LogP contribution in [0.5, 0.6) is 0 Å². The topological polar surface area (TPSA) is 20.3 Å². The van der Waals surface area contributed by atoms with Gasteiger partial charge in [-0.15, -0.1) is 0 Å². The Hall–Kier alpha value is 0.269. The molecule has 1 unspecified atom stereocenters. The van der Waals surface area contributed by atoms with Gasteiger partial charge in [0.05, 0.1) is 0 Å². The zero-order chi connectivity index (χ0) is 15.0. The van der Waals surface area contributed by atoms with Gasteiger partial charge in [-0.1, -0.05) is 0 Å². The maximum absolute atomic E-state index is 12.0. The number of hydrogen-bond acceptors (Lipinski definition) is 1. The molecule has 0 spiro atoms. The molecule has 2 nitrogen and oxygen atoms in total. The van der Waals surface area contributed by atoms with Crippen LogP contribution >= 0.6 is 0 Å². The van der Waals surface area contributed by atoms with Crippen LogP contribution < -0.4 is 0 Å². The van der Waals surface area contributed by atoms with E-state index in [0.717, 1.165) is 6.42 Å². The summed E-state index contributed by atoms with van der Waals surface area (Å²) in [5.74, 6) is 0.417. The first-order valence-electron chi connectivity index (χ1n) is 8.87. The molecule has 0 saturated carbocycles. The van der Waals surface area contributed by atoms with Crippen LogP contribution in [-0.2, 0) is 4.79 Å². The quantitative estimate of drug-likeness (QED) is 0.483. The Bertz CT molecular complexity index is 271. The number of unbranched alkanes of at least 4 members (excludes halogenated alkanes) is 3. The molecule has 0 aliphatic carbocycles. The zero-order valence-corrected chi connectivity index (χ0v) is 17.1. The van der Waals surface area contributed by atoms with Crippen molar-refractivity contribution in [3.05, 3.63) is 0 Å². The van der Waals surface area contributed by atoms with Gasteiger partial charge in [-0.25, -0.2) is 0 Å². The molecule has 1 aliphatic rings. The van der Waals surface area contributed by atoms with E-state index in [-0.39, 0.29) is 0 Å². The van der Waals surface area contributed by atoms with E-state index in [2.05, 4.69) is 32.7 Å². The van der Waals surface area contributed by atoms with Crippen molar-refractivity contribution < 1.29 is 4.79 Å². The molecule has 1 aliphatic heterocycles. The van der Waals surface area contributed by atoms with E-state index in [1.807, 2.05) is 0 Å². The molecule has 0 bridgehead atoms. The molecule has 0 aromatic carbocycles. The summed E-state index contributed by atoms with van der Waals surface area (Å²) in [6, 6.07) is 0. The first-order valence-corrected chi connectivity index (χ1v) is 16.6. The summed E-state index contributed by atoms with van der Waals surface area (Å²) in [5.41, 5.74) is 0. The number of likely N-dealkylation sites (tertiary alicyclic amines) is 1. The molecule has 118 valence electrons.